The Labute approximate surface area is 165 Å². The van der Waals surface area contributed by atoms with Crippen LogP contribution in [0.5, 0.6) is 0 Å². The van der Waals surface area contributed by atoms with Crippen LogP contribution in [0, 0.1) is 5.92 Å². The van der Waals surface area contributed by atoms with E-state index < -0.39 is 0 Å². The molecule has 2 aromatic heterocycles. The Balaban J connectivity index is 1.62. The van der Waals surface area contributed by atoms with Gasteiger partial charge in [0.05, 0.1) is 17.4 Å². The van der Waals surface area contributed by atoms with Crippen molar-refractivity contribution in [2.45, 2.75) is 37.6 Å². The van der Waals surface area contributed by atoms with Gasteiger partial charge in [-0.25, -0.2) is 4.98 Å². The molecule has 1 aromatic carbocycles. The van der Waals surface area contributed by atoms with E-state index in [1.54, 1.807) is 23.1 Å². The summed E-state index contributed by atoms with van der Waals surface area (Å²) in [5, 5.41) is 3.61. The number of carbonyl (C=O) groups is 1. The summed E-state index contributed by atoms with van der Waals surface area (Å²) in [5.41, 5.74) is 1.80. The highest BCUT2D eigenvalue weighted by Crippen LogP contribution is 2.35. The number of hydrogen-bond acceptors (Lipinski definition) is 5. The molecular weight excluding hydrogens is 378 g/mol. The van der Waals surface area contributed by atoms with Crippen LogP contribution in [-0.4, -0.2) is 21.7 Å². The van der Waals surface area contributed by atoms with Crippen molar-refractivity contribution in [3.05, 3.63) is 51.4 Å². The fourth-order valence-electron chi connectivity index (χ4n) is 3.57. The lowest BCUT2D eigenvalue weighted by atomic mass is 9.89. The van der Waals surface area contributed by atoms with Gasteiger partial charge >= 0.3 is 0 Å². The van der Waals surface area contributed by atoms with E-state index in [4.69, 9.17) is 0 Å². The summed E-state index contributed by atoms with van der Waals surface area (Å²) in [7, 11) is 0. The van der Waals surface area contributed by atoms with E-state index in [-0.39, 0.29) is 18.0 Å². The highest BCUT2D eigenvalue weighted by Gasteiger charge is 2.23. The highest BCUT2D eigenvalue weighted by molar-refractivity contribution is 7.98. The average Bonchev–Trinajstić information content (AvgIpc) is 3.02. The Morgan fingerprint density at radius 2 is 2.22 bits per heavy atom. The van der Waals surface area contributed by atoms with E-state index >= 15 is 0 Å². The molecule has 0 fully saturated rings. The zero-order valence-electron chi connectivity index (χ0n) is 15.3. The number of aromatic nitrogens is 2. The van der Waals surface area contributed by atoms with E-state index in [0.717, 1.165) is 40.2 Å². The number of amides is 1. The lowest BCUT2D eigenvalue weighted by Crippen LogP contribution is -2.28. The van der Waals surface area contributed by atoms with E-state index in [9.17, 15) is 9.59 Å². The molecule has 7 heteroatoms. The lowest BCUT2D eigenvalue weighted by Gasteiger charge is -2.17. The third-order valence-electron chi connectivity index (χ3n) is 4.98. The van der Waals surface area contributed by atoms with Gasteiger partial charge in [-0.15, -0.1) is 23.1 Å². The molecule has 1 amide bonds. The van der Waals surface area contributed by atoms with Crippen LogP contribution in [0.3, 0.4) is 0 Å². The number of aryl methyl sites for hydroxylation is 1. The third kappa shape index (κ3) is 3.53. The number of thioether (sulfide) groups is 1. The Bertz CT molecular complexity index is 1070. The summed E-state index contributed by atoms with van der Waals surface area (Å²) < 4.78 is 1.42. The SMILES string of the molecule is CSc1ccccc1NC(=O)Cn1cnc2sc3c(c2c1=O)CC[C@@H](C)C3. The minimum atomic E-state index is -0.225. The van der Waals surface area contributed by atoms with E-state index in [2.05, 4.69) is 17.2 Å². The lowest BCUT2D eigenvalue weighted by molar-refractivity contribution is -0.116. The smallest absolute Gasteiger partial charge is 0.262 e. The number of hydrogen-bond donors (Lipinski definition) is 1. The van der Waals surface area contributed by atoms with Crippen LogP contribution in [0.2, 0.25) is 0 Å². The second-order valence-electron chi connectivity index (χ2n) is 6.96. The minimum absolute atomic E-state index is 0.0362. The molecule has 0 spiro atoms. The van der Waals surface area contributed by atoms with Crippen LogP contribution in [0.1, 0.15) is 23.8 Å². The number of rotatable bonds is 4. The number of benzene rings is 1. The fourth-order valence-corrected chi connectivity index (χ4v) is 5.47. The number of para-hydroxylation sites is 1. The van der Waals surface area contributed by atoms with Gasteiger partial charge in [0.2, 0.25) is 5.91 Å². The van der Waals surface area contributed by atoms with Gasteiger partial charge in [-0.05, 0) is 49.1 Å². The number of nitrogens with zero attached hydrogens (tertiary/aromatic N) is 2. The molecule has 0 saturated carbocycles. The van der Waals surface area contributed by atoms with Crippen molar-refractivity contribution in [2.75, 3.05) is 11.6 Å². The van der Waals surface area contributed by atoms with Crippen LogP contribution >= 0.6 is 23.1 Å². The van der Waals surface area contributed by atoms with Gasteiger partial charge < -0.3 is 5.32 Å². The molecule has 0 aliphatic heterocycles. The quantitative estimate of drug-likeness (QED) is 0.675. The second-order valence-corrected chi connectivity index (χ2v) is 8.89. The van der Waals surface area contributed by atoms with E-state index in [1.165, 1.54) is 15.8 Å². The predicted octanol–water partition coefficient (Wildman–Crippen LogP) is 3.94. The van der Waals surface area contributed by atoms with Gasteiger partial charge in [0.1, 0.15) is 11.4 Å². The molecule has 1 aliphatic carbocycles. The molecule has 4 rings (SSSR count). The molecule has 3 aromatic rings. The molecule has 1 N–H and O–H groups in total. The van der Waals surface area contributed by atoms with Crippen molar-refractivity contribution >= 4 is 44.9 Å². The van der Waals surface area contributed by atoms with Crippen molar-refractivity contribution in [3.8, 4) is 0 Å². The maximum Gasteiger partial charge on any atom is 0.262 e. The zero-order chi connectivity index (χ0) is 19.0. The Kier molecular flexibility index (Phi) is 5.06. The average molecular weight is 400 g/mol. The molecule has 0 saturated heterocycles. The minimum Gasteiger partial charge on any atom is -0.324 e. The van der Waals surface area contributed by atoms with Crippen molar-refractivity contribution in [1.29, 1.82) is 0 Å². The third-order valence-corrected chi connectivity index (χ3v) is 6.94. The summed E-state index contributed by atoms with van der Waals surface area (Å²) in [4.78, 5) is 33.0. The van der Waals surface area contributed by atoms with Crippen LogP contribution in [0.25, 0.3) is 10.2 Å². The van der Waals surface area contributed by atoms with Gasteiger partial charge in [0.25, 0.3) is 5.56 Å². The van der Waals surface area contributed by atoms with Gasteiger partial charge in [-0.2, -0.15) is 0 Å². The second kappa shape index (κ2) is 7.48. The number of thiophene rings is 1. The van der Waals surface area contributed by atoms with Crippen LogP contribution in [0.4, 0.5) is 5.69 Å². The molecule has 0 radical (unpaired) electrons. The first kappa shape index (κ1) is 18.3. The summed E-state index contributed by atoms with van der Waals surface area (Å²) in [6, 6.07) is 7.64. The molecule has 5 nitrogen and oxygen atoms in total. The highest BCUT2D eigenvalue weighted by atomic mass is 32.2. The normalized spacial score (nSPS) is 16.3. The Morgan fingerprint density at radius 3 is 3.04 bits per heavy atom. The molecule has 1 atom stereocenters. The van der Waals surface area contributed by atoms with Crippen LogP contribution in [-0.2, 0) is 24.2 Å². The standard InChI is InChI=1S/C20H21N3O2S2/c1-12-7-8-13-16(9-12)27-19-18(13)20(25)23(11-21-19)10-17(24)22-14-5-3-4-6-15(14)26-2/h3-6,11-12H,7-10H2,1-2H3,(H,22,24)/t12-/m1/s1. The number of anilines is 1. The Morgan fingerprint density at radius 1 is 1.41 bits per heavy atom. The van der Waals surface area contributed by atoms with Crippen LogP contribution < -0.4 is 10.9 Å². The molecule has 1 aliphatic rings. The first-order valence-electron chi connectivity index (χ1n) is 8.99. The van der Waals surface area contributed by atoms with Gasteiger partial charge in [-0.1, -0.05) is 19.1 Å². The van der Waals surface area contributed by atoms with Crippen molar-refractivity contribution in [2.24, 2.45) is 5.92 Å². The Hall–Kier alpha value is -2.12. The number of nitrogens with one attached hydrogen (secondary N) is 1. The monoisotopic (exact) mass is 399 g/mol. The van der Waals surface area contributed by atoms with Crippen LogP contribution in [0.15, 0.2) is 40.3 Å². The molecule has 0 bridgehead atoms. The van der Waals surface area contributed by atoms with Gasteiger partial charge in [-0.3, -0.25) is 14.2 Å². The first-order valence-corrected chi connectivity index (χ1v) is 11.0. The summed E-state index contributed by atoms with van der Waals surface area (Å²) >= 11 is 3.20. The maximum atomic E-state index is 13.0. The maximum absolute atomic E-state index is 13.0. The van der Waals surface area contributed by atoms with Gasteiger partial charge in [0, 0.05) is 9.77 Å². The van der Waals surface area contributed by atoms with E-state index in [1.807, 2.05) is 30.5 Å². The summed E-state index contributed by atoms with van der Waals surface area (Å²) in [6.07, 6.45) is 6.50. The molecule has 140 valence electrons. The zero-order valence-corrected chi connectivity index (χ0v) is 17.0. The number of carbonyl (C=O) groups excluding carboxylic acids is 1. The molecule has 27 heavy (non-hydrogen) atoms. The summed E-state index contributed by atoms with van der Waals surface area (Å²) in [6.45, 7) is 2.21. The predicted molar refractivity (Wildman–Crippen MR) is 112 cm³/mol. The van der Waals surface area contributed by atoms with Crippen molar-refractivity contribution in [3.63, 3.8) is 0 Å². The largest absolute Gasteiger partial charge is 0.324 e. The van der Waals surface area contributed by atoms with Crippen molar-refractivity contribution < 1.29 is 4.79 Å². The van der Waals surface area contributed by atoms with Crippen molar-refractivity contribution in [1.82, 2.24) is 9.55 Å². The molecule has 0 unspecified atom stereocenters. The number of fused-ring (bicyclic) bond motifs is 3. The first-order chi connectivity index (χ1) is 13.1. The fraction of sp³-hybridized carbons (Fsp3) is 0.350. The van der Waals surface area contributed by atoms with E-state index in [0.29, 0.717) is 11.3 Å². The summed E-state index contributed by atoms with van der Waals surface area (Å²) in [5.74, 6) is 0.424. The molecular formula is C20H21N3O2S2. The van der Waals surface area contributed by atoms with Gasteiger partial charge in [0.15, 0.2) is 0 Å². The topological polar surface area (TPSA) is 64.0 Å². The molecule has 2 heterocycles.